The fourth-order valence-electron chi connectivity index (χ4n) is 2.69. The molecule has 130 valence electrons. The Labute approximate surface area is 152 Å². The van der Waals surface area contributed by atoms with Crippen molar-refractivity contribution in [1.29, 1.82) is 0 Å². The third-order valence-corrected chi connectivity index (χ3v) is 5.09. The minimum atomic E-state index is -0.660. The largest absolute Gasteiger partial charge is 0.326 e. The summed E-state index contributed by atoms with van der Waals surface area (Å²) >= 11 is 1.11. The minimum Gasteiger partial charge on any atom is -0.326 e. The van der Waals surface area contributed by atoms with Crippen LogP contribution in [0.5, 0.6) is 0 Å². The summed E-state index contributed by atoms with van der Waals surface area (Å²) in [5, 5.41) is 2.89. The second-order valence-corrected chi connectivity index (χ2v) is 6.92. The van der Waals surface area contributed by atoms with Crippen molar-refractivity contribution >= 4 is 40.2 Å². The second kappa shape index (κ2) is 6.64. The van der Waals surface area contributed by atoms with Gasteiger partial charge in [-0.05, 0) is 24.3 Å². The van der Waals surface area contributed by atoms with Crippen molar-refractivity contribution in [1.82, 2.24) is 9.66 Å². The van der Waals surface area contributed by atoms with Crippen LogP contribution in [0.1, 0.15) is 6.42 Å². The van der Waals surface area contributed by atoms with E-state index in [1.54, 1.807) is 36.4 Å². The molecule has 4 rings (SSSR count). The molecule has 2 amide bonds. The first-order valence-corrected chi connectivity index (χ1v) is 8.84. The lowest BCUT2D eigenvalue weighted by molar-refractivity contribution is -0.121. The molecule has 2 heterocycles. The van der Waals surface area contributed by atoms with Gasteiger partial charge < -0.3 is 5.32 Å². The maximum absolute atomic E-state index is 12.5. The number of hydrogen-bond acceptors (Lipinski definition) is 5. The van der Waals surface area contributed by atoms with Gasteiger partial charge in [-0.2, -0.15) is 4.68 Å². The SMILES string of the molecule is O=C(C[C@H]1Sc2nc3ccccc3c(=O)n2NC1=O)Nc1ccccc1. The van der Waals surface area contributed by atoms with Crippen molar-refractivity contribution in [3.05, 3.63) is 65.0 Å². The van der Waals surface area contributed by atoms with E-state index in [1.165, 1.54) is 0 Å². The number of carbonyl (C=O) groups is 2. The summed E-state index contributed by atoms with van der Waals surface area (Å²) in [6, 6.07) is 16.0. The van der Waals surface area contributed by atoms with Gasteiger partial charge in [0.05, 0.1) is 10.9 Å². The Bertz CT molecular complexity index is 1060. The molecule has 1 aliphatic rings. The highest BCUT2D eigenvalue weighted by molar-refractivity contribution is 8.00. The average molecular weight is 366 g/mol. The molecule has 2 N–H and O–H groups in total. The smallest absolute Gasteiger partial charge is 0.281 e. The Hall–Kier alpha value is -3.13. The van der Waals surface area contributed by atoms with Crippen LogP contribution in [0, 0.1) is 0 Å². The van der Waals surface area contributed by atoms with Crippen molar-refractivity contribution in [3.63, 3.8) is 0 Å². The topological polar surface area (TPSA) is 93.1 Å². The Morgan fingerprint density at radius 3 is 2.65 bits per heavy atom. The molecule has 0 radical (unpaired) electrons. The van der Waals surface area contributed by atoms with Gasteiger partial charge in [-0.3, -0.25) is 19.8 Å². The predicted octanol–water partition coefficient (Wildman–Crippen LogP) is 1.97. The van der Waals surface area contributed by atoms with Crippen LogP contribution in [0.15, 0.2) is 64.5 Å². The van der Waals surface area contributed by atoms with Gasteiger partial charge in [0, 0.05) is 12.1 Å². The number of amides is 2. The molecule has 0 unspecified atom stereocenters. The number of aromatic nitrogens is 2. The van der Waals surface area contributed by atoms with Crippen molar-refractivity contribution in [3.8, 4) is 0 Å². The molecule has 2 aromatic carbocycles. The number of fused-ring (bicyclic) bond motifs is 2. The van der Waals surface area contributed by atoms with E-state index in [0.29, 0.717) is 21.7 Å². The van der Waals surface area contributed by atoms with Gasteiger partial charge >= 0.3 is 0 Å². The van der Waals surface area contributed by atoms with Crippen LogP contribution in [0.2, 0.25) is 0 Å². The summed E-state index contributed by atoms with van der Waals surface area (Å²) in [7, 11) is 0. The Morgan fingerprint density at radius 2 is 1.85 bits per heavy atom. The number of para-hydroxylation sites is 2. The molecule has 1 aromatic heterocycles. The molecule has 3 aromatic rings. The maximum Gasteiger partial charge on any atom is 0.281 e. The predicted molar refractivity (Wildman–Crippen MR) is 99.7 cm³/mol. The summed E-state index contributed by atoms with van der Waals surface area (Å²) in [4.78, 5) is 41.5. The zero-order valence-electron chi connectivity index (χ0n) is 13.5. The van der Waals surface area contributed by atoms with Gasteiger partial charge in [0.25, 0.3) is 11.5 Å². The second-order valence-electron chi connectivity index (χ2n) is 5.75. The molecule has 1 atom stereocenters. The van der Waals surface area contributed by atoms with Crippen LogP contribution in [0.25, 0.3) is 10.9 Å². The third kappa shape index (κ3) is 3.06. The molecule has 7 nitrogen and oxygen atoms in total. The molecule has 0 saturated carbocycles. The van der Waals surface area contributed by atoms with E-state index >= 15 is 0 Å². The first-order chi connectivity index (χ1) is 12.6. The standard InChI is InChI=1S/C18H14N4O3S/c23-15(19-11-6-2-1-3-7-11)10-14-16(24)21-22-17(25)12-8-4-5-9-13(12)20-18(22)26-14/h1-9,14H,10H2,(H,19,23)(H,21,24)/t14-/m1/s1. The van der Waals surface area contributed by atoms with Crippen LogP contribution in [0.4, 0.5) is 5.69 Å². The van der Waals surface area contributed by atoms with Gasteiger partial charge in [-0.15, -0.1) is 0 Å². The van der Waals surface area contributed by atoms with Crippen LogP contribution in [-0.4, -0.2) is 26.7 Å². The normalized spacial score (nSPS) is 16.0. The molecule has 0 bridgehead atoms. The van der Waals surface area contributed by atoms with Gasteiger partial charge in [0.15, 0.2) is 5.16 Å². The lowest BCUT2D eigenvalue weighted by Crippen LogP contribution is -2.44. The zero-order valence-corrected chi connectivity index (χ0v) is 14.3. The minimum absolute atomic E-state index is 0.0198. The highest BCUT2D eigenvalue weighted by Crippen LogP contribution is 2.28. The number of benzene rings is 2. The van der Waals surface area contributed by atoms with E-state index < -0.39 is 11.2 Å². The zero-order chi connectivity index (χ0) is 18.1. The molecular formula is C18H14N4O3S. The van der Waals surface area contributed by atoms with Gasteiger partial charge in [0.1, 0.15) is 5.25 Å². The summed E-state index contributed by atoms with van der Waals surface area (Å²) in [6.45, 7) is 0. The highest BCUT2D eigenvalue weighted by atomic mass is 32.2. The number of thioether (sulfide) groups is 1. The van der Waals surface area contributed by atoms with Gasteiger partial charge in [-0.25, -0.2) is 4.98 Å². The molecule has 26 heavy (non-hydrogen) atoms. The van der Waals surface area contributed by atoms with Crippen LogP contribution in [0.3, 0.4) is 0 Å². The Morgan fingerprint density at radius 1 is 1.12 bits per heavy atom. The van der Waals surface area contributed by atoms with Crippen LogP contribution < -0.4 is 16.3 Å². The lowest BCUT2D eigenvalue weighted by Gasteiger charge is -2.24. The van der Waals surface area contributed by atoms with Crippen molar-refractivity contribution in [2.24, 2.45) is 0 Å². The quantitative estimate of drug-likeness (QED) is 0.692. The molecule has 1 aliphatic heterocycles. The molecular weight excluding hydrogens is 352 g/mol. The monoisotopic (exact) mass is 366 g/mol. The van der Waals surface area contributed by atoms with Crippen LogP contribution >= 0.6 is 11.8 Å². The molecule has 0 saturated heterocycles. The van der Waals surface area contributed by atoms with Crippen molar-refractivity contribution < 1.29 is 9.59 Å². The number of carbonyl (C=O) groups excluding carboxylic acids is 2. The average Bonchev–Trinajstić information content (AvgIpc) is 2.64. The summed E-state index contributed by atoms with van der Waals surface area (Å²) in [6.07, 6.45) is -0.0198. The van der Waals surface area contributed by atoms with Gasteiger partial charge in [-0.1, -0.05) is 42.1 Å². The number of rotatable bonds is 3. The van der Waals surface area contributed by atoms with E-state index in [0.717, 1.165) is 16.4 Å². The van der Waals surface area contributed by atoms with Crippen molar-refractivity contribution in [2.75, 3.05) is 10.7 Å². The summed E-state index contributed by atoms with van der Waals surface area (Å²) in [5.74, 6) is -0.676. The number of anilines is 1. The van der Waals surface area contributed by atoms with E-state index in [2.05, 4.69) is 15.7 Å². The molecule has 0 fully saturated rings. The van der Waals surface area contributed by atoms with Crippen LogP contribution in [-0.2, 0) is 9.59 Å². The summed E-state index contributed by atoms with van der Waals surface area (Å²) < 4.78 is 1.14. The van der Waals surface area contributed by atoms with Gasteiger partial charge in [0.2, 0.25) is 5.91 Å². The molecule has 0 spiro atoms. The van der Waals surface area contributed by atoms with E-state index in [1.807, 2.05) is 18.2 Å². The first kappa shape index (κ1) is 16.3. The summed E-state index contributed by atoms with van der Waals surface area (Å²) in [5.41, 5.74) is 3.43. The highest BCUT2D eigenvalue weighted by Gasteiger charge is 2.31. The molecule has 0 aliphatic carbocycles. The number of hydrogen-bond donors (Lipinski definition) is 2. The maximum atomic E-state index is 12.5. The fraction of sp³-hybridized carbons (Fsp3) is 0.111. The molecule has 8 heteroatoms. The Balaban J connectivity index is 1.57. The first-order valence-electron chi connectivity index (χ1n) is 7.96. The fourth-order valence-corrected chi connectivity index (χ4v) is 3.72. The third-order valence-electron chi connectivity index (χ3n) is 3.94. The number of nitrogens with zero attached hydrogens (tertiary/aromatic N) is 2. The van der Waals surface area contributed by atoms with E-state index in [9.17, 15) is 14.4 Å². The van der Waals surface area contributed by atoms with Crippen molar-refractivity contribution in [2.45, 2.75) is 16.8 Å². The Kier molecular flexibility index (Phi) is 4.18. The van der Waals surface area contributed by atoms with E-state index in [-0.39, 0.29) is 17.9 Å². The number of nitrogens with one attached hydrogen (secondary N) is 2. The van der Waals surface area contributed by atoms with E-state index in [4.69, 9.17) is 0 Å². The lowest BCUT2D eigenvalue weighted by atomic mass is 10.2.